The number of nitrogens with zero attached hydrogens (tertiary/aromatic N) is 1. The molecule has 216 valence electrons. The van der Waals surface area contributed by atoms with Crippen LogP contribution in [-0.2, 0) is 0 Å². The first-order chi connectivity index (χ1) is 23.3. The lowest BCUT2D eigenvalue weighted by Crippen LogP contribution is -2.59. The zero-order valence-electron chi connectivity index (χ0n) is 25.4. The molecule has 0 N–H and O–H groups in total. The molecule has 0 atom stereocenters. The fraction of sp³-hybridized carbons (Fsp3) is 0. The van der Waals surface area contributed by atoms with E-state index in [0.29, 0.717) is 0 Å². The molecule has 0 bridgehead atoms. The molecule has 0 saturated heterocycles. The van der Waals surface area contributed by atoms with Crippen LogP contribution in [0.4, 0.5) is 11.4 Å². The molecule has 0 unspecified atom stereocenters. The summed E-state index contributed by atoms with van der Waals surface area (Å²) in [5.41, 5.74) is 15.9. The van der Waals surface area contributed by atoms with Gasteiger partial charge in [-0.2, -0.15) is 0 Å². The van der Waals surface area contributed by atoms with Gasteiger partial charge in [0.05, 0.1) is 0 Å². The highest BCUT2D eigenvalue weighted by atomic mass is 16.5. The van der Waals surface area contributed by atoms with Gasteiger partial charge in [0.25, 0.3) is 6.71 Å². The smallest absolute Gasteiger partial charge is 0.329 e. The zero-order chi connectivity index (χ0) is 30.6. The fourth-order valence-electron chi connectivity index (χ4n) is 8.43. The number of hydrogen-bond donors (Lipinski definition) is 0. The topological polar surface area (TPSA) is 21.7 Å². The highest BCUT2D eigenvalue weighted by Gasteiger charge is 2.43. The molecule has 4 aliphatic rings. The van der Waals surface area contributed by atoms with Gasteiger partial charge in [0, 0.05) is 28.0 Å². The van der Waals surface area contributed by atoms with Crippen LogP contribution in [0.1, 0.15) is 0 Å². The van der Waals surface area contributed by atoms with Gasteiger partial charge in [0.15, 0.2) is 0 Å². The van der Waals surface area contributed by atoms with Gasteiger partial charge in [-0.25, -0.2) is 0 Å². The van der Waals surface area contributed by atoms with Crippen molar-refractivity contribution in [2.75, 3.05) is 4.81 Å². The highest BCUT2D eigenvalue weighted by molar-refractivity contribution is 6.98. The van der Waals surface area contributed by atoms with Gasteiger partial charge >= 0.3 is 6.85 Å². The number of hydrogen-bond acceptors (Lipinski definition) is 3. The van der Waals surface area contributed by atoms with Crippen LogP contribution in [0.15, 0.2) is 152 Å². The van der Waals surface area contributed by atoms with Gasteiger partial charge in [0.2, 0.25) is 0 Å². The normalized spacial score (nSPS) is 13.7. The summed E-state index contributed by atoms with van der Waals surface area (Å²) in [7, 11) is 0. The molecular weight excluding hydrogens is 572 g/mol. The summed E-state index contributed by atoms with van der Waals surface area (Å²) >= 11 is 0. The SMILES string of the molecule is c1ccc2c(c1)Oc1cc(-c3ccc4c(c3)B3c5ccccc5-c5ccccc5N3c3ccccc3-4)cc3c1B2c1ccccc1O3. The molecule has 11 rings (SSSR count). The van der Waals surface area contributed by atoms with Crippen molar-refractivity contribution < 1.29 is 9.47 Å². The number of ether oxygens (including phenoxy) is 2. The van der Waals surface area contributed by atoms with Gasteiger partial charge < -0.3 is 14.3 Å². The third kappa shape index (κ3) is 3.43. The minimum Gasteiger partial charge on any atom is -0.458 e. The molecule has 0 saturated carbocycles. The van der Waals surface area contributed by atoms with Crippen LogP contribution in [-0.4, -0.2) is 13.6 Å². The first-order valence-electron chi connectivity index (χ1n) is 16.2. The van der Waals surface area contributed by atoms with Crippen molar-refractivity contribution in [1.29, 1.82) is 0 Å². The lowest BCUT2D eigenvalue weighted by atomic mass is 9.35. The molecule has 0 aliphatic carbocycles. The molecule has 0 aromatic heterocycles. The van der Waals surface area contributed by atoms with Crippen LogP contribution in [0.3, 0.4) is 0 Å². The molecule has 4 heterocycles. The van der Waals surface area contributed by atoms with Crippen molar-refractivity contribution in [1.82, 2.24) is 0 Å². The van der Waals surface area contributed by atoms with E-state index in [1.54, 1.807) is 0 Å². The molecule has 3 nitrogen and oxygen atoms in total. The Morgan fingerprint density at radius 1 is 0.383 bits per heavy atom. The molecular formula is C42H25B2NO2. The van der Waals surface area contributed by atoms with Gasteiger partial charge in [-0.15, -0.1) is 0 Å². The van der Waals surface area contributed by atoms with Gasteiger partial charge in [-0.05, 0) is 80.5 Å². The minimum absolute atomic E-state index is 0.0394. The summed E-state index contributed by atoms with van der Waals surface area (Å²) in [6.07, 6.45) is 0. The Hall–Kier alpha value is -5.93. The van der Waals surface area contributed by atoms with Crippen molar-refractivity contribution in [3.05, 3.63) is 152 Å². The van der Waals surface area contributed by atoms with E-state index in [4.69, 9.17) is 9.47 Å². The summed E-state index contributed by atoms with van der Waals surface area (Å²) < 4.78 is 13.3. The number of para-hydroxylation sites is 4. The first kappa shape index (κ1) is 25.3. The van der Waals surface area contributed by atoms with E-state index < -0.39 is 0 Å². The maximum Gasteiger partial charge on any atom is 0.329 e. The van der Waals surface area contributed by atoms with Crippen LogP contribution in [0.25, 0.3) is 33.4 Å². The second kappa shape index (κ2) is 9.31. The maximum atomic E-state index is 6.64. The average Bonchev–Trinajstić information content (AvgIpc) is 3.14. The molecule has 7 aromatic rings. The average molecular weight is 597 g/mol. The molecule has 5 heteroatoms. The van der Waals surface area contributed by atoms with Crippen molar-refractivity contribution in [3.63, 3.8) is 0 Å². The second-order valence-electron chi connectivity index (χ2n) is 12.8. The summed E-state index contributed by atoms with van der Waals surface area (Å²) in [5, 5.41) is 0. The Labute approximate surface area is 273 Å². The molecule has 0 spiro atoms. The summed E-state index contributed by atoms with van der Waals surface area (Å²) in [5.74, 6) is 3.52. The van der Waals surface area contributed by atoms with Crippen molar-refractivity contribution in [2.45, 2.75) is 0 Å². The third-order valence-corrected chi connectivity index (χ3v) is 10.4. The van der Waals surface area contributed by atoms with Gasteiger partial charge in [0.1, 0.15) is 23.0 Å². The predicted molar refractivity (Wildman–Crippen MR) is 194 cm³/mol. The highest BCUT2D eigenvalue weighted by Crippen LogP contribution is 2.46. The quantitative estimate of drug-likeness (QED) is 0.191. The van der Waals surface area contributed by atoms with Crippen LogP contribution in [0.5, 0.6) is 23.0 Å². The predicted octanol–water partition coefficient (Wildman–Crippen LogP) is 6.99. The van der Waals surface area contributed by atoms with Crippen LogP contribution in [0, 0.1) is 0 Å². The molecule has 0 amide bonds. The minimum atomic E-state index is 0.0394. The number of rotatable bonds is 1. The Balaban J connectivity index is 1.13. The Morgan fingerprint density at radius 3 is 1.53 bits per heavy atom. The largest absolute Gasteiger partial charge is 0.458 e. The van der Waals surface area contributed by atoms with E-state index in [1.807, 2.05) is 12.1 Å². The van der Waals surface area contributed by atoms with Crippen LogP contribution >= 0.6 is 0 Å². The summed E-state index contributed by atoms with van der Waals surface area (Å²) in [6.45, 7) is 0.105. The molecule has 7 aromatic carbocycles. The second-order valence-corrected chi connectivity index (χ2v) is 12.8. The Bertz CT molecular complexity index is 2400. The van der Waals surface area contributed by atoms with E-state index in [2.05, 4.69) is 144 Å². The Kier molecular flexibility index (Phi) is 5.01. The van der Waals surface area contributed by atoms with Crippen LogP contribution in [0.2, 0.25) is 0 Å². The summed E-state index contributed by atoms with van der Waals surface area (Å²) in [6, 6.07) is 54.7. The van der Waals surface area contributed by atoms with E-state index in [0.717, 1.165) is 39.6 Å². The lowest BCUT2D eigenvalue weighted by molar-refractivity contribution is 0.465. The van der Waals surface area contributed by atoms with E-state index in [-0.39, 0.29) is 13.6 Å². The van der Waals surface area contributed by atoms with E-state index in [9.17, 15) is 0 Å². The number of fused-ring (bicyclic) bond motifs is 15. The monoisotopic (exact) mass is 597 g/mol. The van der Waals surface area contributed by atoms with Gasteiger partial charge in [-0.3, -0.25) is 0 Å². The first-order valence-corrected chi connectivity index (χ1v) is 16.2. The molecule has 0 fully saturated rings. The fourth-order valence-corrected chi connectivity index (χ4v) is 8.43. The zero-order valence-corrected chi connectivity index (χ0v) is 25.4. The molecule has 4 aliphatic heterocycles. The third-order valence-electron chi connectivity index (χ3n) is 10.4. The number of benzene rings is 7. The maximum absolute atomic E-state index is 6.64. The van der Waals surface area contributed by atoms with Crippen molar-refractivity contribution >= 4 is 52.2 Å². The van der Waals surface area contributed by atoms with E-state index in [1.165, 1.54) is 55.5 Å². The van der Waals surface area contributed by atoms with Crippen LogP contribution < -0.4 is 41.6 Å². The van der Waals surface area contributed by atoms with Crippen molar-refractivity contribution in [3.8, 4) is 56.4 Å². The summed E-state index contributed by atoms with van der Waals surface area (Å²) in [4.78, 5) is 2.54. The van der Waals surface area contributed by atoms with Crippen molar-refractivity contribution in [2.24, 2.45) is 0 Å². The van der Waals surface area contributed by atoms with E-state index >= 15 is 0 Å². The van der Waals surface area contributed by atoms with Gasteiger partial charge in [-0.1, -0.05) is 115 Å². The lowest BCUT2D eigenvalue weighted by Gasteiger charge is -2.43. The standard InChI is InChI=1S/C42H25B2NO2/c1-4-14-32-28(11-1)30-12-2-7-17-36(30)45-37-18-8-3-13-31(37)29-22-21-26(23-35(29)44(32)45)27-24-40-42-41(25-27)47-39-20-10-6-16-34(39)43(42)33-15-5-9-19-38(33)46-40/h1-25H. The number of anilines is 2. The Morgan fingerprint density at radius 2 is 0.894 bits per heavy atom. The molecule has 47 heavy (non-hydrogen) atoms. The molecule has 0 radical (unpaired) electrons.